The molecule has 0 aliphatic heterocycles. The van der Waals surface area contributed by atoms with Crippen LogP contribution in [0.15, 0.2) is 53.0 Å². The number of hydrogen-bond donors (Lipinski definition) is 0. The highest BCUT2D eigenvalue weighted by molar-refractivity contribution is 9.10. The largest absolute Gasteiger partial charge is 0.436 e. The maximum atomic E-state index is 13.9. The average Bonchev–Trinajstić information content (AvgIpc) is 2.49. The van der Waals surface area contributed by atoms with E-state index in [2.05, 4.69) is 36.8 Å². The van der Waals surface area contributed by atoms with Gasteiger partial charge in [-0.25, -0.2) is 9.37 Å². The van der Waals surface area contributed by atoms with Crippen LogP contribution in [0.1, 0.15) is 5.56 Å². The van der Waals surface area contributed by atoms with E-state index in [0.717, 1.165) is 16.5 Å². The van der Waals surface area contributed by atoms with Gasteiger partial charge in [0.1, 0.15) is 0 Å². The normalized spacial score (nSPS) is 10.8. The van der Waals surface area contributed by atoms with E-state index in [1.807, 2.05) is 30.3 Å². The van der Waals surface area contributed by atoms with E-state index in [1.54, 1.807) is 12.1 Å². The highest BCUT2D eigenvalue weighted by Gasteiger charge is 2.11. The minimum atomic E-state index is -0.431. The Morgan fingerprint density at radius 3 is 2.67 bits per heavy atom. The van der Waals surface area contributed by atoms with E-state index >= 15 is 0 Å². The lowest BCUT2D eigenvalue weighted by Gasteiger charge is -2.11. The summed E-state index contributed by atoms with van der Waals surface area (Å²) < 4.78 is 20.2. The maximum Gasteiger partial charge on any atom is 0.224 e. The summed E-state index contributed by atoms with van der Waals surface area (Å²) in [6, 6.07) is 14.4. The lowest BCUT2D eigenvalue weighted by Crippen LogP contribution is -1.96. The SMILES string of the molecule is Fc1cc(Br)ccc1Oc1nc2ccccc2cc1CBr. The summed E-state index contributed by atoms with van der Waals surface area (Å²) in [7, 11) is 0. The molecule has 0 amide bonds. The minimum Gasteiger partial charge on any atom is -0.436 e. The van der Waals surface area contributed by atoms with Gasteiger partial charge in [0.15, 0.2) is 11.6 Å². The second kappa shape index (κ2) is 6.12. The van der Waals surface area contributed by atoms with Crippen LogP contribution in [0.25, 0.3) is 10.9 Å². The number of nitrogens with zero attached hydrogens (tertiary/aromatic N) is 1. The molecular formula is C16H10Br2FNO. The Morgan fingerprint density at radius 2 is 1.90 bits per heavy atom. The lowest BCUT2D eigenvalue weighted by atomic mass is 10.2. The Morgan fingerprint density at radius 1 is 1.10 bits per heavy atom. The van der Waals surface area contributed by atoms with Crippen molar-refractivity contribution in [3.05, 3.63) is 64.4 Å². The highest BCUT2D eigenvalue weighted by Crippen LogP contribution is 2.30. The second-order valence-corrected chi connectivity index (χ2v) is 5.93. The van der Waals surface area contributed by atoms with Crippen LogP contribution in [0.2, 0.25) is 0 Å². The number of aromatic nitrogens is 1. The number of ether oxygens (including phenoxy) is 1. The van der Waals surface area contributed by atoms with Crippen molar-refractivity contribution in [1.82, 2.24) is 4.98 Å². The van der Waals surface area contributed by atoms with Crippen molar-refractivity contribution in [2.24, 2.45) is 0 Å². The molecule has 0 aliphatic rings. The van der Waals surface area contributed by atoms with Crippen molar-refractivity contribution in [1.29, 1.82) is 0 Å². The molecule has 0 saturated carbocycles. The first kappa shape index (κ1) is 14.5. The van der Waals surface area contributed by atoms with Crippen LogP contribution >= 0.6 is 31.9 Å². The molecule has 0 bridgehead atoms. The van der Waals surface area contributed by atoms with Gasteiger partial charge in [-0.05, 0) is 30.3 Å². The van der Waals surface area contributed by atoms with E-state index in [-0.39, 0.29) is 5.75 Å². The zero-order valence-corrected chi connectivity index (χ0v) is 14.0. The molecule has 5 heteroatoms. The van der Waals surface area contributed by atoms with Gasteiger partial charge in [0, 0.05) is 20.8 Å². The summed E-state index contributed by atoms with van der Waals surface area (Å²) in [5, 5.41) is 1.61. The van der Waals surface area contributed by atoms with Crippen molar-refractivity contribution in [3.63, 3.8) is 0 Å². The molecule has 2 aromatic carbocycles. The molecule has 0 N–H and O–H groups in total. The van der Waals surface area contributed by atoms with Crippen LogP contribution in [0, 0.1) is 5.82 Å². The molecule has 0 atom stereocenters. The van der Waals surface area contributed by atoms with Crippen molar-refractivity contribution in [2.45, 2.75) is 5.33 Å². The number of rotatable bonds is 3. The minimum absolute atomic E-state index is 0.156. The number of benzene rings is 2. The Hall–Kier alpha value is -1.46. The Labute approximate surface area is 138 Å². The molecule has 0 fully saturated rings. The van der Waals surface area contributed by atoms with E-state index < -0.39 is 5.82 Å². The van der Waals surface area contributed by atoms with Gasteiger partial charge in [-0.2, -0.15) is 0 Å². The molecule has 0 aliphatic carbocycles. The van der Waals surface area contributed by atoms with Crippen LogP contribution in [0.5, 0.6) is 11.6 Å². The van der Waals surface area contributed by atoms with E-state index in [9.17, 15) is 4.39 Å². The van der Waals surface area contributed by atoms with Crippen molar-refractivity contribution < 1.29 is 9.13 Å². The highest BCUT2D eigenvalue weighted by atomic mass is 79.9. The number of hydrogen-bond acceptors (Lipinski definition) is 2. The smallest absolute Gasteiger partial charge is 0.224 e. The summed E-state index contributed by atoms with van der Waals surface area (Å²) in [5.41, 5.74) is 1.69. The van der Waals surface area contributed by atoms with Crippen LogP contribution in [0.3, 0.4) is 0 Å². The predicted octanol–water partition coefficient (Wildman–Crippen LogP) is 5.82. The molecular weight excluding hydrogens is 401 g/mol. The molecule has 21 heavy (non-hydrogen) atoms. The summed E-state index contributed by atoms with van der Waals surface area (Å²) in [6.45, 7) is 0. The zero-order valence-electron chi connectivity index (χ0n) is 10.8. The first-order chi connectivity index (χ1) is 10.2. The summed E-state index contributed by atoms with van der Waals surface area (Å²) in [5.74, 6) is 0.134. The fraction of sp³-hybridized carbons (Fsp3) is 0.0625. The topological polar surface area (TPSA) is 22.1 Å². The third-order valence-corrected chi connectivity index (χ3v) is 4.11. The third-order valence-electron chi connectivity index (χ3n) is 3.01. The summed E-state index contributed by atoms with van der Waals surface area (Å²) >= 11 is 6.64. The molecule has 3 aromatic rings. The van der Waals surface area contributed by atoms with E-state index in [4.69, 9.17) is 4.74 Å². The fourth-order valence-electron chi connectivity index (χ4n) is 1.99. The number of para-hydroxylation sites is 1. The lowest BCUT2D eigenvalue weighted by molar-refractivity contribution is 0.425. The van der Waals surface area contributed by atoms with Crippen molar-refractivity contribution >= 4 is 42.8 Å². The molecule has 0 saturated heterocycles. The fourth-order valence-corrected chi connectivity index (χ4v) is 2.72. The van der Waals surface area contributed by atoms with Gasteiger partial charge in [-0.1, -0.05) is 50.1 Å². The number of halogens is 3. The third kappa shape index (κ3) is 3.09. The van der Waals surface area contributed by atoms with Crippen molar-refractivity contribution in [3.8, 4) is 11.6 Å². The van der Waals surface area contributed by atoms with E-state index in [0.29, 0.717) is 15.7 Å². The van der Waals surface area contributed by atoms with Crippen LogP contribution in [-0.4, -0.2) is 4.98 Å². The van der Waals surface area contributed by atoms with Crippen LogP contribution in [-0.2, 0) is 5.33 Å². The maximum absolute atomic E-state index is 13.9. The average molecular weight is 411 g/mol. The quantitative estimate of drug-likeness (QED) is 0.507. The number of alkyl halides is 1. The Bertz CT molecular complexity index is 807. The first-order valence-corrected chi connectivity index (χ1v) is 8.16. The molecule has 0 radical (unpaired) electrons. The summed E-state index contributed by atoms with van der Waals surface area (Å²) in [6.07, 6.45) is 0. The molecule has 106 valence electrons. The molecule has 2 nitrogen and oxygen atoms in total. The number of fused-ring (bicyclic) bond motifs is 1. The van der Waals surface area contributed by atoms with Crippen molar-refractivity contribution in [2.75, 3.05) is 0 Å². The van der Waals surface area contributed by atoms with Crippen LogP contribution < -0.4 is 4.74 Å². The molecule has 1 heterocycles. The molecule has 1 aromatic heterocycles. The standard InChI is InChI=1S/C16H10Br2FNO/c17-9-11-7-10-3-1-2-4-14(10)20-16(11)21-15-6-5-12(18)8-13(15)19/h1-8H,9H2. The summed E-state index contributed by atoms with van der Waals surface area (Å²) in [4.78, 5) is 4.47. The molecule has 0 unspecified atom stereocenters. The number of pyridine rings is 1. The van der Waals surface area contributed by atoms with Gasteiger partial charge < -0.3 is 4.74 Å². The van der Waals surface area contributed by atoms with Crippen LogP contribution in [0.4, 0.5) is 4.39 Å². The molecule has 3 rings (SSSR count). The Balaban J connectivity index is 2.06. The molecule has 0 spiro atoms. The predicted molar refractivity (Wildman–Crippen MR) is 88.5 cm³/mol. The van der Waals surface area contributed by atoms with Gasteiger partial charge >= 0.3 is 0 Å². The van der Waals surface area contributed by atoms with Gasteiger partial charge in [-0.15, -0.1) is 0 Å². The van der Waals surface area contributed by atoms with Gasteiger partial charge in [0.25, 0.3) is 0 Å². The van der Waals surface area contributed by atoms with Gasteiger partial charge in [0.05, 0.1) is 5.52 Å². The zero-order chi connectivity index (χ0) is 14.8. The second-order valence-electron chi connectivity index (χ2n) is 4.46. The van der Waals surface area contributed by atoms with E-state index in [1.165, 1.54) is 6.07 Å². The monoisotopic (exact) mass is 409 g/mol. The van der Waals surface area contributed by atoms with Gasteiger partial charge in [-0.3, -0.25) is 0 Å². The van der Waals surface area contributed by atoms with Gasteiger partial charge in [0.2, 0.25) is 5.88 Å². The Kier molecular flexibility index (Phi) is 4.22. The first-order valence-electron chi connectivity index (χ1n) is 6.25.